The quantitative estimate of drug-likeness (QED) is 0.170. The van der Waals surface area contributed by atoms with Gasteiger partial charge in [0.15, 0.2) is 0 Å². The third kappa shape index (κ3) is 6.32. The third-order valence-electron chi connectivity index (χ3n) is 8.16. The van der Waals surface area contributed by atoms with Crippen LogP contribution in [0.5, 0.6) is 0 Å². The van der Waals surface area contributed by atoms with E-state index in [0.29, 0.717) is 33.0 Å². The van der Waals surface area contributed by atoms with Crippen molar-refractivity contribution in [2.45, 2.75) is 47.0 Å². The van der Waals surface area contributed by atoms with Crippen LogP contribution in [0.15, 0.2) is 103 Å². The van der Waals surface area contributed by atoms with Gasteiger partial charge in [0.2, 0.25) is 0 Å². The summed E-state index contributed by atoms with van der Waals surface area (Å²) >= 11 is 0. The molecule has 4 aromatic carbocycles. The van der Waals surface area contributed by atoms with E-state index in [-0.39, 0.29) is 12.3 Å². The number of carbonyl (C=O) groups is 2. The van der Waals surface area contributed by atoms with Crippen LogP contribution in [-0.2, 0) is 24.1 Å². The maximum absolute atomic E-state index is 14.0. The van der Waals surface area contributed by atoms with Gasteiger partial charge in [-0.15, -0.1) is 0 Å². The molecule has 0 aliphatic rings. The monoisotopic (exact) mass is 573 g/mol. The topological polar surface area (TPSA) is 59.3 Å². The molecule has 1 N–H and O–H groups in total. The Morgan fingerprint density at radius 3 is 1.81 bits per heavy atom. The largest absolute Gasteiger partial charge is 0.481 e. The predicted molar refractivity (Wildman–Crippen MR) is 176 cm³/mol. The van der Waals surface area contributed by atoms with E-state index < -0.39 is 5.97 Å². The smallest absolute Gasteiger partial charge is 0.307 e. The Labute approximate surface area is 254 Å². The molecule has 0 radical (unpaired) electrons. The molecule has 5 heteroatoms. The number of hydrogen-bond donors (Lipinski definition) is 1. The van der Waals surface area contributed by atoms with Gasteiger partial charge in [0.25, 0.3) is 5.91 Å². The molecule has 0 aliphatic carbocycles. The molecule has 0 spiro atoms. The maximum atomic E-state index is 14.0. The van der Waals surface area contributed by atoms with Crippen LogP contribution in [0.2, 0.25) is 0 Å². The molecule has 5 aromatic rings. The Morgan fingerprint density at radius 1 is 0.721 bits per heavy atom. The highest BCUT2D eigenvalue weighted by atomic mass is 16.4. The van der Waals surface area contributed by atoms with Gasteiger partial charge in [-0.2, -0.15) is 0 Å². The lowest BCUT2D eigenvalue weighted by Crippen LogP contribution is -2.34. The van der Waals surface area contributed by atoms with Crippen molar-refractivity contribution in [2.75, 3.05) is 7.05 Å². The summed E-state index contributed by atoms with van der Waals surface area (Å²) in [5, 5.41) is 10.2. The van der Waals surface area contributed by atoms with E-state index in [9.17, 15) is 14.7 Å². The van der Waals surface area contributed by atoms with E-state index in [2.05, 4.69) is 89.3 Å². The van der Waals surface area contributed by atoms with Gasteiger partial charge in [0.05, 0.1) is 19.0 Å². The van der Waals surface area contributed by atoms with Crippen molar-refractivity contribution < 1.29 is 14.7 Å². The van der Waals surface area contributed by atoms with Gasteiger partial charge in [0, 0.05) is 53.5 Å². The van der Waals surface area contributed by atoms with Crippen molar-refractivity contribution in [3.63, 3.8) is 0 Å². The summed E-state index contributed by atoms with van der Waals surface area (Å²) in [4.78, 5) is 25.6. The molecule has 1 aromatic heterocycles. The summed E-state index contributed by atoms with van der Waals surface area (Å²) in [6.45, 7) is 8.92. The van der Waals surface area contributed by atoms with Crippen LogP contribution in [0.1, 0.15) is 54.7 Å². The number of para-hydroxylation sites is 1. The third-order valence-corrected chi connectivity index (χ3v) is 8.16. The summed E-state index contributed by atoms with van der Waals surface area (Å²) in [5.74, 6) is 0.0254. The lowest BCUT2D eigenvalue weighted by atomic mass is 10.0. The zero-order valence-electron chi connectivity index (χ0n) is 25.7. The van der Waals surface area contributed by atoms with E-state index in [1.165, 1.54) is 11.1 Å². The van der Waals surface area contributed by atoms with Crippen molar-refractivity contribution >= 4 is 39.8 Å². The van der Waals surface area contributed by atoms with E-state index in [0.717, 1.165) is 35.3 Å². The number of fused-ring (bicyclic) bond motifs is 1. The molecule has 220 valence electrons. The molecule has 0 saturated heterocycles. The molecular weight excluding hydrogens is 532 g/mol. The van der Waals surface area contributed by atoms with E-state index in [4.69, 9.17) is 0 Å². The first-order chi connectivity index (χ1) is 20.6. The molecular formula is C38H41N2O3+. The number of aromatic nitrogens is 1. The summed E-state index contributed by atoms with van der Waals surface area (Å²) in [6.07, 6.45) is 3.57. The van der Waals surface area contributed by atoms with Gasteiger partial charge in [-0.25, -0.2) is 4.48 Å². The Balaban J connectivity index is 1.60. The maximum Gasteiger partial charge on any atom is 0.307 e. The van der Waals surface area contributed by atoms with Crippen molar-refractivity contribution in [1.82, 2.24) is 9.05 Å². The number of quaternary nitrogens is 1. The highest BCUT2D eigenvalue weighted by Crippen LogP contribution is 2.42. The van der Waals surface area contributed by atoms with E-state index in [1.807, 2.05) is 42.5 Å². The summed E-state index contributed by atoms with van der Waals surface area (Å²) in [6, 6.07) is 32.9. The van der Waals surface area contributed by atoms with Crippen LogP contribution in [0.4, 0.5) is 17.1 Å². The molecule has 0 amide bonds. The van der Waals surface area contributed by atoms with Gasteiger partial charge in [-0.05, 0) is 53.5 Å². The molecule has 0 fully saturated rings. The van der Waals surface area contributed by atoms with Gasteiger partial charge in [-0.1, -0.05) is 76.2 Å². The molecule has 5 rings (SSSR count). The first-order valence-electron chi connectivity index (χ1n) is 15.1. The number of hydrogen-bond acceptors (Lipinski definition) is 2. The fourth-order valence-corrected chi connectivity index (χ4v) is 6.03. The fraction of sp³-hybridized carbons (Fsp3) is 0.263. The van der Waals surface area contributed by atoms with Gasteiger partial charge in [-0.3, -0.25) is 14.2 Å². The minimum absolute atomic E-state index is 0.143. The van der Waals surface area contributed by atoms with Crippen molar-refractivity contribution in [3.05, 3.63) is 126 Å². The second-order valence-corrected chi connectivity index (χ2v) is 12.5. The highest BCUT2D eigenvalue weighted by molar-refractivity contribution is 6.04. The predicted octanol–water partition coefficient (Wildman–Crippen LogP) is 8.95. The summed E-state index contributed by atoms with van der Waals surface area (Å²) in [5.41, 5.74) is 7.63. The number of rotatable bonds is 10. The minimum atomic E-state index is -0.927. The number of aliphatic carboxylic acids is 1. The first kappa shape index (κ1) is 30.0. The Morgan fingerprint density at radius 2 is 1.28 bits per heavy atom. The lowest BCUT2D eigenvalue weighted by molar-refractivity contribution is -0.136. The van der Waals surface area contributed by atoms with Gasteiger partial charge >= 0.3 is 5.97 Å². The fourth-order valence-electron chi connectivity index (χ4n) is 6.03. The van der Waals surface area contributed by atoms with Gasteiger partial charge < -0.3 is 5.11 Å². The number of nitrogens with zero attached hydrogens (tertiary/aromatic N) is 2. The average Bonchev–Trinajstić information content (AvgIpc) is 3.34. The van der Waals surface area contributed by atoms with E-state index >= 15 is 0 Å². The Bertz CT molecular complexity index is 1690. The standard InChI is InChI=1S/C38H40N2O3/c1-26(2)21-28-13-17-32(18-14-28)40(5,33-19-15-29(16-20-33)22-27(3)4)34-10-8-9-30(23-34)38(43)39-25-31(24-37(41)42)35-11-6-7-12-36(35)39/h6-20,23,25-27H,21-22,24H2,1-5H3/p+1. The minimum Gasteiger partial charge on any atom is -0.481 e. The highest BCUT2D eigenvalue weighted by Gasteiger charge is 2.32. The van der Waals surface area contributed by atoms with Crippen LogP contribution in [0.25, 0.3) is 10.9 Å². The Hall–Kier alpha value is -4.48. The van der Waals surface area contributed by atoms with Crippen molar-refractivity contribution in [3.8, 4) is 0 Å². The number of carboxylic acids is 1. The lowest BCUT2D eigenvalue weighted by Gasteiger charge is -2.34. The molecule has 1 heterocycles. The number of benzene rings is 4. The normalized spacial score (nSPS) is 11.9. The van der Waals surface area contributed by atoms with Crippen molar-refractivity contribution in [2.24, 2.45) is 11.8 Å². The second-order valence-electron chi connectivity index (χ2n) is 12.5. The molecule has 0 bridgehead atoms. The molecule has 0 aliphatic heterocycles. The van der Waals surface area contributed by atoms with Gasteiger partial charge in [0.1, 0.15) is 17.1 Å². The summed E-state index contributed by atoms with van der Waals surface area (Å²) < 4.78 is 1.97. The first-order valence-corrected chi connectivity index (χ1v) is 15.1. The molecule has 0 saturated carbocycles. The number of carbonyl (C=O) groups excluding carboxylic acids is 1. The molecule has 0 atom stereocenters. The Kier molecular flexibility index (Phi) is 8.65. The van der Waals surface area contributed by atoms with Crippen LogP contribution >= 0.6 is 0 Å². The SMILES string of the molecule is CC(C)Cc1ccc([N+](C)(c2ccc(CC(C)C)cc2)c2cccc(C(=O)n3cc(CC(=O)O)c4ccccc43)c2)cc1. The zero-order valence-corrected chi connectivity index (χ0v) is 25.7. The summed E-state index contributed by atoms with van der Waals surface area (Å²) in [7, 11) is 2.18. The molecule has 43 heavy (non-hydrogen) atoms. The van der Waals surface area contributed by atoms with Crippen LogP contribution in [-0.4, -0.2) is 28.6 Å². The van der Waals surface area contributed by atoms with Crippen LogP contribution in [0.3, 0.4) is 0 Å². The van der Waals surface area contributed by atoms with Crippen molar-refractivity contribution in [1.29, 1.82) is 0 Å². The second kappa shape index (κ2) is 12.4. The van der Waals surface area contributed by atoms with E-state index in [1.54, 1.807) is 10.8 Å². The zero-order chi connectivity index (χ0) is 30.7. The van der Waals surface area contributed by atoms with Crippen LogP contribution < -0.4 is 4.48 Å². The molecule has 5 nitrogen and oxygen atoms in total. The molecule has 0 unspecified atom stereocenters. The average molecular weight is 574 g/mol. The number of carboxylic acid groups (broad SMARTS) is 1. The van der Waals surface area contributed by atoms with Crippen LogP contribution in [0, 0.1) is 11.8 Å².